The molecule has 9 heteroatoms. The van der Waals surface area contributed by atoms with Crippen LogP contribution in [-0.4, -0.2) is 25.1 Å². The lowest BCUT2D eigenvalue weighted by Crippen LogP contribution is -2.09. The third-order valence-electron chi connectivity index (χ3n) is 4.11. The lowest BCUT2D eigenvalue weighted by Gasteiger charge is -2.14. The predicted molar refractivity (Wildman–Crippen MR) is 102 cm³/mol. The number of benzene rings is 2. The van der Waals surface area contributed by atoms with Crippen LogP contribution >= 0.6 is 0 Å². The second-order valence-electron chi connectivity index (χ2n) is 6.24. The van der Waals surface area contributed by atoms with Crippen LogP contribution in [-0.2, 0) is 6.18 Å². The Bertz CT molecular complexity index is 1140. The van der Waals surface area contributed by atoms with Crippen molar-refractivity contribution >= 4 is 11.8 Å². The van der Waals surface area contributed by atoms with Crippen molar-refractivity contribution in [3.63, 3.8) is 0 Å². The van der Waals surface area contributed by atoms with Crippen molar-refractivity contribution in [2.75, 3.05) is 5.32 Å². The number of H-pyrrole nitrogens is 1. The van der Waals surface area contributed by atoms with Crippen LogP contribution in [0.25, 0.3) is 22.6 Å². The number of aryl methyl sites for hydroxylation is 1. The lowest BCUT2D eigenvalue weighted by atomic mass is 10.1. The van der Waals surface area contributed by atoms with Gasteiger partial charge >= 0.3 is 6.18 Å². The Kier molecular flexibility index (Phi) is 4.71. The summed E-state index contributed by atoms with van der Waals surface area (Å²) in [6, 6.07) is 16.0. The van der Waals surface area contributed by atoms with Crippen LogP contribution in [0.2, 0.25) is 0 Å². The van der Waals surface area contributed by atoms with E-state index in [-0.39, 0.29) is 23.2 Å². The first kappa shape index (κ1) is 18.6. The second-order valence-corrected chi connectivity index (χ2v) is 6.24. The van der Waals surface area contributed by atoms with Gasteiger partial charge < -0.3 is 5.32 Å². The molecule has 0 spiro atoms. The average molecular weight is 396 g/mol. The predicted octanol–water partition coefficient (Wildman–Crippen LogP) is 5.00. The number of alkyl halides is 3. The van der Waals surface area contributed by atoms with Gasteiger partial charge in [-0.3, -0.25) is 5.10 Å². The van der Waals surface area contributed by atoms with Crippen LogP contribution in [0.1, 0.15) is 11.4 Å². The first-order valence-corrected chi connectivity index (χ1v) is 8.67. The number of hydrogen-bond donors (Lipinski definition) is 2. The molecule has 2 N–H and O–H groups in total. The van der Waals surface area contributed by atoms with E-state index in [1.54, 1.807) is 13.0 Å². The van der Waals surface area contributed by atoms with Crippen molar-refractivity contribution in [1.29, 1.82) is 0 Å². The summed E-state index contributed by atoms with van der Waals surface area (Å²) < 4.78 is 40.5. The van der Waals surface area contributed by atoms with Crippen molar-refractivity contribution in [1.82, 2.24) is 25.1 Å². The summed E-state index contributed by atoms with van der Waals surface area (Å²) in [4.78, 5) is 12.8. The monoisotopic (exact) mass is 396 g/mol. The van der Waals surface area contributed by atoms with Gasteiger partial charge in [0.2, 0.25) is 5.95 Å². The molecule has 0 fully saturated rings. The highest BCUT2D eigenvalue weighted by Crippen LogP contribution is 2.36. The Morgan fingerprint density at radius 1 is 0.897 bits per heavy atom. The molecule has 0 amide bonds. The number of aromatic nitrogens is 5. The highest BCUT2D eigenvalue weighted by Gasteiger charge is 2.34. The van der Waals surface area contributed by atoms with E-state index in [1.807, 2.05) is 30.3 Å². The Morgan fingerprint density at radius 2 is 1.62 bits per heavy atom. The maximum absolute atomic E-state index is 13.5. The minimum Gasteiger partial charge on any atom is -0.307 e. The molecule has 0 atom stereocenters. The van der Waals surface area contributed by atoms with Crippen LogP contribution in [0.4, 0.5) is 24.9 Å². The van der Waals surface area contributed by atoms with Crippen LogP contribution in [0.15, 0.2) is 60.7 Å². The highest BCUT2D eigenvalue weighted by atomic mass is 19.4. The largest absolute Gasteiger partial charge is 0.417 e. The molecule has 6 nitrogen and oxygen atoms in total. The molecule has 29 heavy (non-hydrogen) atoms. The third kappa shape index (κ3) is 4.08. The fraction of sp³-hybridized carbons (Fsp3) is 0.100. The van der Waals surface area contributed by atoms with E-state index in [0.29, 0.717) is 11.5 Å². The van der Waals surface area contributed by atoms with Crippen LogP contribution in [0, 0.1) is 6.92 Å². The van der Waals surface area contributed by atoms with E-state index in [4.69, 9.17) is 0 Å². The van der Waals surface area contributed by atoms with Crippen LogP contribution < -0.4 is 5.32 Å². The maximum atomic E-state index is 13.5. The Hall–Kier alpha value is -3.75. The Morgan fingerprint density at radius 3 is 2.31 bits per heavy atom. The molecule has 0 aliphatic rings. The number of rotatable bonds is 4. The van der Waals surface area contributed by atoms with Crippen molar-refractivity contribution < 1.29 is 13.2 Å². The second kappa shape index (κ2) is 7.34. The fourth-order valence-electron chi connectivity index (χ4n) is 2.83. The molecule has 0 bridgehead atoms. The molecule has 2 heterocycles. The number of aromatic amines is 1. The molecule has 0 unspecified atom stereocenters. The molecule has 4 rings (SSSR count). The standard InChI is InChI=1S/C20H15F3N6/c1-12-24-19(29-28-12)27-17-11-16(13-7-3-2-4-8-13)25-18(26-17)14-9-5-6-10-15(14)20(21,22)23/h2-11H,1H3,(H2,24,25,26,27,28,29). The van der Waals surface area contributed by atoms with Crippen molar-refractivity contribution in [3.8, 4) is 22.6 Å². The number of nitrogens with zero attached hydrogens (tertiary/aromatic N) is 4. The Labute approximate surface area is 163 Å². The summed E-state index contributed by atoms with van der Waals surface area (Å²) in [5.41, 5.74) is 0.314. The maximum Gasteiger partial charge on any atom is 0.417 e. The fourth-order valence-corrected chi connectivity index (χ4v) is 2.83. The minimum atomic E-state index is -4.53. The smallest absolute Gasteiger partial charge is 0.307 e. The first-order chi connectivity index (χ1) is 13.9. The third-order valence-corrected chi connectivity index (χ3v) is 4.11. The van der Waals surface area contributed by atoms with Gasteiger partial charge in [0.15, 0.2) is 5.82 Å². The van der Waals surface area contributed by atoms with Gasteiger partial charge in [-0.25, -0.2) is 9.97 Å². The minimum absolute atomic E-state index is 0.0472. The molecule has 4 aromatic rings. The van der Waals surface area contributed by atoms with Crippen LogP contribution in [0.3, 0.4) is 0 Å². The van der Waals surface area contributed by atoms with Gasteiger partial charge in [0, 0.05) is 17.2 Å². The summed E-state index contributed by atoms with van der Waals surface area (Å²) in [5.74, 6) is 1.08. The number of nitrogens with one attached hydrogen (secondary N) is 2. The Balaban J connectivity index is 1.87. The average Bonchev–Trinajstić information content (AvgIpc) is 3.12. The molecule has 0 saturated heterocycles. The zero-order valence-corrected chi connectivity index (χ0v) is 15.2. The van der Waals surface area contributed by atoms with Gasteiger partial charge in [-0.2, -0.15) is 18.2 Å². The summed E-state index contributed by atoms with van der Waals surface area (Å²) in [6.45, 7) is 1.73. The van der Waals surface area contributed by atoms with Crippen molar-refractivity contribution in [2.45, 2.75) is 13.1 Å². The van der Waals surface area contributed by atoms with E-state index in [2.05, 4.69) is 30.5 Å². The number of halogens is 3. The summed E-state index contributed by atoms with van der Waals surface area (Å²) in [7, 11) is 0. The SMILES string of the molecule is Cc1nc(Nc2cc(-c3ccccc3)nc(-c3ccccc3C(F)(F)F)n2)n[nH]1. The summed E-state index contributed by atoms with van der Waals surface area (Å²) >= 11 is 0. The van der Waals surface area contributed by atoms with Gasteiger partial charge in [-0.15, -0.1) is 5.10 Å². The van der Waals surface area contributed by atoms with E-state index in [9.17, 15) is 13.2 Å². The van der Waals surface area contributed by atoms with Gasteiger partial charge in [0.1, 0.15) is 11.6 Å². The molecular formula is C20H15F3N6. The summed E-state index contributed by atoms with van der Waals surface area (Å²) in [6.07, 6.45) is -4.53. The quantitative estimate of drug-likeness (QED) is 0.508. The van der Waals surface area contributed by atoms with E-state index in [0.717, 1.165) is 11.6 Å². The molecular weight excluding hydrogens is 381 g/mol. The van der Waals surface area contributed by atoms with Crippen molar-refractivity contribution in [2.24, 2.45) is 0 Å². The van der Waals surface area contributed by atoms with Gasteiger partial charge in [0.25, 0.3) is 0 Å². The van der Waals surface area contributed by atoms with Crippen molar-refractivity contribution in [3.05, 3.63) is 72.1 Å². The van der Waals surface area contributed by atoms with E-state index >= 15 is 0 Å². The normalized spacial score (nSPS) is 11.4. The molecule has 0 aliphatic carbocycles. The van der Waals surface area contributed by atoms with Gasteiger partial charge in [-0.1, -0.05) is 48.5 Å². The molecule has 0 saturated carbocycles. The zero-order chi connectivity index (χ0) is 20.4. The van der Waals surface area contributed by atoms with E-state index in [1.165, 1.54) is 18.2 Å². The highest BCUT2D eigenvalue weighted by molar-refractivity contribution is 5.70. The van der Waals surface area contributed by atoms with Gasteiger partial charge in [0.05, 0.1) is 11.3 Å². The summed E-state index contributed by atoms with van der Waals surface area (Å²) in [5, 5.41) is 9.60. The van der Waals surface area contributed by atoms with E-state index < -0.39 is 11.7 Å². The van der Waals surface area contributed by atoms with Gasteiger partial charge in [-0.05, 0) is 13.0 Å². The zero-order valence-electron chi connectivity index (χ0n) is 15.2. The molecule has 0 radical (unpaired) electrons. The number of anilines is 2. The molecule has 146 valence electrons. The number of hydrogen-bond acceptors (Lipinski definition) is 5. The molecule has 0 aliphatic heterocycles. The lowest BCUT2D eigenvalue weighted by molar-refractivity contribution is -0.137. The topological polar surface area (TPSA) is 79.4 Å². The molecule has 2 aromatic carbocycles. The van der Waals surface area contributed by atoms with Crippen LogP contribution in [0.5, 0.6) is 0 Å². The first-order valence-electron chi connectivity index (χ1n) is 8.67. The molecule has 2 aromatic heterocycles.